The molecule has 0 spiro atoms. The summed E-state index contributed by atoms with van der Waals surface area (Å²) in [7, 11) is 4.27. The zero-order valence-corrected chi connectivity index (χ0v) is 11.6. The van der Waals surface area contributed by atoms with Gasteiger partial charge in [0.2, 0.25) is 0 Å². The Balaban J connectivity index is 3.75. The summed E-state index contributed by atoms with van der Waals surface area (Å²) < 4.78 is 0. The first kappa shape index (κ1) is 14.7. The first-order valence-electron chi connectivity index (χ1n) is 6.09. The maximum Gasteiger partial charge on any atom is -0.00248 e. The lowest BCUT2D eigenvalue weighted by molar-refractivity contribution is 0.372. The average Bonchev–Trinajstić information content (AvgIpc) is 2.09. The van der Waals surface area contributed by atoms with Gasteiger partial charge >= 0.3 is 0 Å². The highest BCUT2D eigenvalue weighted by Crippen LogP contribution is 2.32. The molecule has 1 unspecified atom stereocenters. The molecular weight excluding hydrogens is 182 g/mol. The fraction of sp³-hybridized carbons (Fsp3) is 0.857. The van der Waals surface area contributed by atoms with Crippen LogP contribution < -0.4 is 0 Å². The topological polar surface area (TPSA) is 3.24 Å². The van der Waals surface area contributed by atoms with E-state index in [4.69, 9.17) is 0 Å². The van der Waals surface area contributed by atoms with E-state index in [2.05, 4.69) is 53.3 Å². The van der Waals surface area contributed by atoms with E-state index in [0.717, 1.165) is 0 Å². The van der Waals surface area contributed by atoms with Gasteiger partial charge in [0.1, 0.15) is 0 Å². The van der Waals surface area contributed by atoms with E-state index in [-0.39, 0.29) is 5.41 Å². The molecule has 15 heavy (non-hydrogen) atoms. The fourth-order valence-corrected chi connectivity index (χ4v) is 1.79. The van der Waals surface area contributed by atoms with Gasteiger partial charge in [0, 0.05) is 0 Å². The fourth-order valence-electron chi connectivity index (χ4n) is 1.79. The Bertz CT molecular complexity index is 186. The van der Waals surface area contributed by atoms with E-state index < -0.39 is 0 Å². The second-order valence-electron chi connectivity index (χ2n) is 5.98. The van der Waals surface area contributed by atoms with E-state index in [9.17, 15) is 0 Å². The molecule has 0 rings (SSSR count). The van der Waals surface area contributed by atoms with Gasteiger partial charge < -0.3 is 4.90 Å². The molecule has 0 aromatic heterocycles. The zero-order valence-electron chi connectivity index (χ0n) is 11.6. The highest BCUT2D eigenvalue weighted by atomic mass is 15.0. The van der Waals surface area contributed by atoms with Gasteiger partial charge in [-0.1, -0.05) is 46.3 Å². The maximum absolute atomic E-state index is 4.23. The molecule has 0 aliphatic rings. The third-order valence-electron chi connectivity index (χ3n) is 3.05. The average molecular weight is 211 g/mol. The highest BCUT2D eigenvalue weighted by Gasteiger charge is 2.19. The number of rotatable bonds is 6. The highest BCUT2D eigenvalue weighted by molar-refractivity contribution is 5.08. The smallest absolute Gasteiger partial charge is 0.00248 e. The van der Waals surface area contributed by atoms with E-state index in [1.165, 1.54) is 31.4 Å². The predicted octanol–water partition coefficient (Wildman–Crippen LogP) is 3.96. The van der Waals surface area contributed by atoms with Gasteiger partial charge in [-0.2, -0.15) is 0 Å². The molecule has 1 atom stereocenters. The Morgan fingerprint density at radius 1 is 1.20 bits per heavy atom. The number of allylic oxidation sites excluding steroid dienone is 1. The Hall–Kier alpha value is -0.300. The minimum atomic E-state index is 0.265. The van der Waals surface area contributed by atoms with Gasteiger partial charge in [0.15, 0.2) is 0 Å². The van der Waals surface area contributed by atoms with Crippen LogP contribution >= 0.6 is 0 Å². The van der Waals surface area contributed by atoms with Crippen LogP contribution in [0.5, 0.6) is 0 Å². The molecule has 0 saturated heterocycles. The first-order chi connectivity index (χ1) is 6.75. The van der Waals surface area contributed by atoms with E-state index in [0.29, 0.717) is 5.92 Å². The molecule has 0 aromatic carbocycles. The van der Waals surface area contributed by atoms with Crippen molar-refractivity contribution in [3.8, 4) is 0 Å². The van der Waals surface area contributed by atoms with Crippen LogP contribution in [0.4, 0.5) is 0 Å². The maximum atomic E-state index is 4.23. The molecule has 1 nitrogen and oxygen atoms in total. The van der Waals surface area contributed by atoms with Crippen LogP contribution in [0.1, 0.15) is 47.0 Å². The number of unbranched alkanes of at least 4 members (excludes halogenated alkanes) is 1. The Morgan fingerprint density at radius 2 is 1.73 bits per heavy atom. The largest absolute Gasteiger partial charge is 0.309 e. The molecule has 0 amide bonds. The summed E-state index contributed by atoms with van der Waals surface area (Å²) in [6.07, 6.45) is 3.90. The third-order valence-corrected chi connectivity index (χ3v) is 3.05. The summed E-state index contributed by atoms with van der Waals surface area (Å²) in [6.45, 7) is 14.5. The molecule has 0 saturated carbocycles. The second kappa shape index (κ2) is 6.32. The van der Waals surface area contributed by atoms with E-state index in [1.54, 1.807) is 0 Å². The van der Waals surface area contributed by atoms with Crippen LogP contribution in [0.2, 0.25) is 0 Å². The molecule has 0 radical (unpaired) electrons. The van der Waals surface area contributed by atoms with Crippen LogP contribution in [0.15, 0.2) is 12.2 Å². The van der Waals surface area contributed by atoms with Gasteiger partial charge in [-0.25, -0.2) is 0 Å². The Morgan fingerprint density at radius 3 is 2.13 bits per heavy atom. The second-order valence-corrected chi connectivity index (χ2v) is 5.98. The minimum Gasteiger partial charge on any atom is -0.309 e. The van der Waals surface area contributed by atoms with Crippen molar-refractivity contribution in [2.24, 2.45) is 11.3 Å². The number of hydrogen-bond acceptors (Lipinski definition) is 1. The SMILES string of the molecule is C=C(C(C)CCCCN(C)C)C(C)(C)C. The molecule has 0 heterocycles. The van der Waals surface area contributed by atoms with Crippen molar-refractivity contribution in [1.82, 2.24) is 4.90 Å². The van der Waals surface area contributed by atoms with E-state index in [1.807, 2.05) is 0 Å². The molecule has 0 aliphatic carbocycles. The molecular formula is C14H29N. The van der Waals surface area contributed by atoms with Crippen molar-refractivity contribution in [3.63, 3.8) is 0 Å². The Kier molecular flexibility index (Phi) is 6.19. The lowest BCUT2D eigenvalue weighted by Gasteiger charge is -2.27. The normalized spacial score (nSPS) is 14.3. The van der Waals surface area contributed by atoms with Crippen molar-refractivity contribution in [2.45, 2.75) is 47.0 Å². The molecule has 0 N–H and O–H groups in total. The lowest BCUT2D eigenvalue weighted by atomic mass is 9.79. The van der Waals surface area contributed by atoms with Crippen molar-refractivity contribution < 1.29 is 0 Å². The lowest BCUT2D eigenvalue weighted by Crippen LogP contribution is -2.16. The molecule has 0 fully saturated rings. The van der Waals surface area contributed by atoms with Crippen LogP contribution in [-0.4, -0.2) is 25.5 Å². The van der Waals surface area contributed by atoms with Crippen LogP contribution in [0, 0.1) is 11.3 Å². The quantitative estimate of drug-likeness (QED) is 0.475. The summed E-state index contributed by atoms with van der Waals surface area (Å²) in [5, 5.41) is 0. The number of hydrogen-bond donors (Lipinski definition) is 0. The van der Waals surface area contributed by atoms with Gasteiger partial charge in [0.05, 0.1) is 0 Å². The molecule has 0 aliphatic heterocycles. The van der Waals surface area contributed by atoms with Gasteiger partial charge in [-0.15, -0.1) is 0 Å². The molecule has 0 bridgehead atoms. The third kappa shape index (κ3) is 6.72. The van der Waals surface area contributed by atoms with Gasteiger partial charge in [-0.3, -0.25) is 0 Å². The van der Waals surface area contributed by atoms with Gasteiger partial charge in [0.25, 0.3) is 0 Å². The predicted molar refractivity (Wildman–Crippen MR) is 70.2 cm³/mol. The van der Waals surface area contributed by atoms with Gasteiger partial charge in [-0.05, 0) is 44.8 Å². The van der Waals surface area contributed by atoms with Crippen LogP contribution in [0.25, 0.3) is 0 Å². The molecule has 0 aromatic rings. The van der Waals surface area contributed by atoms with Crippen molar-refractivity contribution >= 4 is 0 Å². The van der Waals surface area contributed by atoms with Crippen molar-refractivity contribution in [2.75, 3.05) is 20.6 Å². The summed E-state index contributed by atoms with van der Waals surface area (Å²) in [6, 6.07) is 0. The van der Waals surface area contributed by atoms with Crippen molar-refractivity contribution in [3.05, 3.63) is 12.2 Å². The van der Waals surface area contributed by atoms with E-state index >= 15 is 0 Å². The molecule has 90 valence electrons. The zero-order chi connectivity index (χ0) is 12.1. The summed E-state index contributed by atoms with van der Waals surface area (Å²) >= 11 is 0. The Labute approximate surface area is 96.6 Å². The van der Waals surface area contributed by atoms with Crippen LogP contribution in [-0.2, 0) is 0 Å². The standard InChI is InChI=1S/C14H29N/c1-12(13(2)14(3,4)5)10-8-9-11-15(6)7/h12H,2,8-11H2,1,3-7H3. The summed E-state index contributed by atoms with van der Waals surface area (Å²) in [5.74, 6) is 0.659. The minimum absolute atomic E-state index is 0.265. The number of nitrogens with zero attached hydrogens (tertiary/aromatic N) is 1. The first-order valence-corrected chi connectivity index (χ1v) is 6.09. The molecule has 1 heteroatoms. The monoisotopic (exact) mass is 211 g/mol. The summed E-state index contributed by atoms with van der Waals surface area (Å²) in [4.78, 5) is 2.25. The van der Waals surface area contributed by atoms with Crippen molar-refractivity contribution in [1.29, 1.82) is 0 Å². The summed E-state index contributed by atoms with van der Waals surface area (Å²) in [5.41, 5.74) is 1.66. The van der Waals surface area contributed by atoms with Crippen LogP contribution in [0.3, 0.4) is 0 Å².